The number of halogens is 1. The molecule has 1 heterocycles. The lowest BCUT2D eigenvalue weighted by atomic mass is 10.0. The van der Waals surface area contributed by atoms with E-state index in [9.17, 15) is 0 Å². The van der Waals surface area contributed by atoms with Gasteiger partial charge >= 0.3 is 0 Å². The van der Waals surface area contributed by atoms with Gasteiger partial charge in [0, 0.05) is 12.1 Å². The highest BCUT2D eigenvalue weighted by Crippen LogP contribution is 2.16. The molecule has 0 aromatic carbocycles. The lowest BCUT2D eigenvalue weighted by Crippen LogP contribution is -2.25. The average Bonchev–Trinajstić information content (AvgIpc) is 2.12. The molecule has 0 spiro atoms. The van der Waals surface area contributed by atoms with Crippen LogP contribution in [-0.4, -0.2) is 16.0 Å². The molecule has 15 heavy (non-hydrogen) atoms. The molecule has 0 bridgehead atoms. The normalized spacial score (nSPS) is 12.9. The highest BCUT2D eigenvalue weighted by atomic mass is 35.5. The van der Waals surface area contributed by atoms with Crippen molar-refractivity contribution >= 4 is 17.4 Å². The number of aromatic nitrogens is 2. The second-order valence-corrected chi connectivity index (χ2v) is 4.41. The molecule has 0 aliphatic carbocycles. The zero-order chi connectivity index (χ0) is 11.4. The van der Waals surface area contributed by atoms with Gasteiger partial charge < -0.3 is 5.32 Å². The summed E-state index contributed by atoms with van der Waals surface area (Å²) in [6.45, 7) is 8.38. The highest BCUT2D eigenvalue weighted by Gasteiger charge is 2.11. The summed E-state index contributed by atoms with van der Waals surface area (Å²) in [5.74, 6) is 2.08. The maximum atomic E-state index is 5.87. The fourth-order valence-electron chi connectivity index (χ4n) is 1.54. The zero-order valence-corrected chi connectivity index (χ0v) is 10.5. The number of anilines is 1. The summed E-state index contributed by atoms with van der Waals surface area (Å²) in [6, 6.07) is 2.19. The van der Waals surface area contributed by atoms with Crippen LogP contribution in [0.25, 0.3) is 0 Å². The molecule has 0 aliphatic rings. The van der Waals surface area contributed by atoms with Crippen molar-refractivity contribution in [2.45, 2.75) is 40.2 Å². The van der Waals surface area contributed by atoms with Gasteiger partial charge in [-0.1, -0.05) is 32.4 Å². The van der Waals surface area contributed by atoms with Gasteiger partial charge in [-0.25, -0.2) is 9.97 Å². The van der Waals surface area contributed by atoms with Crippen LogP contribution in [0.5, 0.6) is 0 Å². The van der Waals surface area contributed by atoms with Crippen LogP contribution in [0.3, 0.4) is 0 Å². The van der Waals surface area contributed by atoms with Gasteiger partial charge in [0.25, 0.3) is 0 Å². The number of nitrogens with one attached hydrogen (secondary N) is 1. The monoisotopic (exact) mass is 227 g/mol. The van der Waals surface area contributed by atoms with E-state index in [0.29, 0.717) is 22.9 Å². The first-order valence-corrected chi connectivity index (χ1v) is 5.68. The molecule has 1 unspecified atom stereocenters. The van der Waals surface area contributed by atoms with Gasteiger partial charge in [-0.3, -0.25) is 0 Å². The topological polar surface area (TPSA) is 37.8 Å². The molecule has 0 aliphatic heterocycles. The fourth-order valence-corrected chi connectivity index (χ4v) is 1.76. The molecular weight excluding hydrogens is 210 g/mol. The Morgan fingerprint density at radius 3 is 2.53 bits per heavy atom. The third kappa shape index (κ3) is 3.67. The van der Waals surface area contributed by atoms with E-state index in [4.69, 9.17) is 11.6 Å². The molecule has 0 saturated heterocycles. The van der Waals surface area contributed by atoms with Crippen molar-refractivity contribution in [1.82, 2.24) is 9.97 Å². The van der Waals surface area contributed by atoms with Crippen molar-refractivity contribution < 1.29 is 0 Å². The van der Waals surface area contributed by atoms with E-state index in [0.717, 1.165) is 12.2 Å². The van der Waals surface area contributed by atoms with Crippen molar-refractivity contribution in [3.63, 3.8) is 0 Å². The fraction of sp³-hybridized carbons (Fsp3) is 0.636. The van der Waals surface area contributed by atoms with E-state index in [1.165, 1.54) is 0 Å². The van der Waals surface area contributed by atoms with Gasteiger partial charge in [-0.05, 0) is 19.3 Å². The number of hydrogen-bond donors (Lipinski definition) is 1. The van der Waals surface area contributed by atoms with Crippen LogP contribution in [-0.2, 0) is 0 Å². The first-order chi connectivity index (χ1) is 7.02. The van der Waals surface area contributed by atoms with Crippen LogP contribution in [0, 0.1) is 12.8 Å². The van der Waals surface area contributed by atoms with Gasteiger partial charge in [0.15, 0.2) is 0 Å². The molecule has 4 heteroatoms. The highest BCUT2D eigenvalue weighted by molar-refractivity contribution is 6.29. The minimum absolute atomic E-state index is 0.426. The number of nitrogens with zero attached hydrogens (tertiary/aromatic N) is 2. The Bertz CT molecular complexity index is 305. The van der Waals surface area contributed by atoms with Crippen molar-refractivity contribution in [3.05, 3.63) is 17.0 Å². The van der Waals surface area contributed by atoms with Crippen LogP contribution < -0.4 is 5.32 Å². The smallest absolute Gasteiger partial charge is 0.134 e. The second-order valence-electron chi connectivity index (χ2n) is 4.03. The van der Waals surface area contributed by atoms with Crippen LogP contribution in [0.4, 0.5) is 5.82 Å². The first-order valence-electron chi connectivity index (χ1n) is 5.30. The molecule has 1 aromatic rings. The van der Waals surface area contributed by atoms with Crippen LogP contribution >= 0.6 is 11.6 Å². The van der Waals surface area contributed by atoms with E-state index >= 15 is 0 Å². The van der Waals surface area contributed by atoms with Gasteiger partial charge in [-0.15, -0.1) is 0 Å². The largest absolute Gasteiger partial charge is 0.367 e. The third-order valence-electron chi connectivity index (χ3n) is 2.38. The molecular formula is C11H18ClN3. The Kier molecular flexibility index (Phi) is 4.33. The Morgan fingerprint density at radius 1 is 1.40 bits per heavy atom. The minimum atomic E-state index is 0.426. The Morgan fingerprint density at radius 2 is 2.07 bits per heavy atom. The summed E-state index contributed by atoms with van der Waals surface area (Å²) in [5, 5.41) is 3.86. The second kappa shape index (κ2) is 5.31. The summed E-state index contributed by atoms with van der Waals surface area (Å²) < 4.78 is 0. The quantitative estimate of drug-likeness (QED) is 0.803. The summed E-state index contributed by atoms with van der Waals surface area (Å²) in [6.07, 6.45) is 1.07. The molecule has 3 nitrogen and oxygen atoms in total. The van der Waals surface area contributed by atoms with E-state index < -0.39 is 0 Å². The van der Waals surface area contributed by atoms with E-state index in [2.05, 4.69) is 36.1 Å². The summed E-state index contributed by atoms with van der Waals surface area (Å²) >= 11 is 5.87. The Hall–Kier alpha value is -0.830. The molecule has 1 N–H and O–H groups in total. The lowest BCUT2D eigenvalue weighted by Gasteiger charge is -2.21. The van der Waals surface area contributed by atoms with Gasteiger partial charge in [0.2, 0.25) is 0 Å². The summed E-state index contributed by atoms with van der Waals surface area (Å²) in [5.41, 5.74) is 0. The molecule has 1 atom stereocenters. The molecule has 84 valence electrons. The minimum Gasteiger partial charge on any atom is -0.367 e. The molecule has 0 fully saturated rings. The number of aryl methyl sites for hydroxylation is 1. The van der Waals surface area contributed by atoms with Gasteiger partial charge in [0.1, 0.15) is 16.8 Å². The molecule has 1 aromatic heterocycles. The van der Waals surface area contributed by atoms with Crippen molar-refractivity contribution in [3.8, 4) is 0 Å². The van der Waals surface area contributed by atoms with E-state index in [1.54, 1.807) is 6.07 Å². The maximum absolute atomic E-state index is 5.87. The van der Waals surface area contributed by atoms with Gasteiger partial charge in [0.05, 0.1) is 0 Å². The lowest BCUT2D eigenvalue weighted by molar-refractivity contribution is 0.509. The molecule has 1 rings (SSSR count). The number of rotatable bonds is 4. The zero-order valence-electron chi connectivity index (χ0n) is 9.71. The molecule has 0 radical (unpaired) electrons. The molecule has 0 amide bonds. The average molecular weight is 228 g/mol. The summed E-state index contributed by atoms with van der Waals surface area (Å²) in [4.78, 5) is 8.32. The van der Waals surface area contributed by atoms with Crippen LogP contribution in [0.2, 0.25) is 5.15 Å². The first kappa shape index (κ1) is 12.2. The van der Waals surface area contributed by atoms with E-state index in [1.807, 2.05) is 6.92 Å². The third-order valence-corrected chi connectivity index (χ3v) is 2.58. The molecule has 0 saturated carbocycles. The van der Waals surface area contributed by atoms with Gasteiger partial charge in [-0.2, -0.15) is 0 Å². The van der Waals surface area contributed by atoms with Crippen molar-refractivity contribution in [2.24, 2.45) is 5.92 Å². The van der Waals surface area contributed by atoms with Crippen molar-refractivity contribution in [2.75, 3.05) is 5.32 Å². The standard InChI is InChI=1S/C11H18ClN3/c1-5-9(7(2)3)15-11-6-10(12)13-8(4)14-11/h6-7,9H,5H2,1-4H3,(H,13,14,15). The SMILES string of the molecule is CCC(Nc1cc(Cl)nc(C)n1)C(C)C. The van der Waals surface area contributed by atoms with E-state index in [-0.39, 0.29) is 0 Å². The Labute approximate surface area is 96.3 Å². The van der Waals surface area contributed by atoms with Crippen LogP contribution in [0.1, 0.15) is 33.0 Å². The van der Waals surface area contributed by atoms with Crippen molar-refractivity contribution in [1.29, 1.82) is 0 Å². The summed E-state index contributed by atoms with van der Waals surface area (Å²) in [7, 11) is 0. The number of hydrogen-bond acceptors (Lipinski definition) is 3. The predicted octanol–water partition coefficient (Wildman–Crippen LogP) is 3.28. The maximum Gasteiger partial charge on any atom is 0.134 e. The Balaban J connectivity index is 2.79. The van der Waals surface area contributed by atoms with Crippen LogP contribution in [0.15, 0.2) is 6.07 Å². The predicted molar refractivity (Wildman–Crippen MR) is 64.3 cm³/mol.